The van der Waals surface area contributed by atoms with Crippen molar-refractivity contribution >= 4 is 30.5 Å². The van der Waals surface area contributed by atoms with E-state index in [1.165, 1.54) is 0 Å². The molecule has 0 bridgehead atoms. The maximum Gasteiger partial charge on any atom is 0.322 e. The number of carboxylic acid groups (broad SMARTS) is 2. The molecule has 120 valence electrons. The fraction of sp³-hybridized carbons (Fsp3) is 0.400. The van der Waals surface area contributed by atoms with Gasteiger partial charge < -0.3 is 15.5 Å². The van der Waals surface area contributed by atoms with Crippen LogP contribution in [0.15, 0.2) is 24.3 Å². The molecule has 0 heterocycles. The highest BCUT2D eigenvalue weighted by Crippen LogP contribution is 2.16. The summed E-state index contributed by atoms with van der Waals surface area (Å²) in [5.41, 5.74) is 1.05. The van der Waals surface area contributed by atoms with Crippen molar-refractivity contribution in [2.75, 3.05) is 12.3 Å². The van der Waals surface area contributed by atoms with E-state index in [2.05, 4.69) is 17.9 Å². The predicted molar refractivity (Wildman–Crippen MR) is 84.3 cm³/mol. The van der Waals surface area contributed by atoms with Crippen molar-refractivity contribution in [1.82, 2.24) is 5.32 Å². The molecule has 7 heteroatoms. The molecular weight excluding hydrogens is 306 g/mol. The molecule has 1 aromatic rings. The lowest BCUT2D eigenvalue weighted by atomic mass is 9.94. The van der Waals surface area contributed by atoms with Crippen molar-refractivity contribution in [3.05, 3.63) is 35.4 Å². The standard InChI is InChI=1S/C15H19NO5S/c17-13(18)9-16-14(19)11-4-1-3-10(7-11)8-12(15(20)21)5-2-6-22/h1,3-4,7,12,22H,2,5-6,8-9H2,(H,16,19)(H,17,18)(H,20,21). The van der Waals surface area contributed by atoms with Gasteiger partial charge in [0.25, 0.3) is 5.91 Å². The van der Waals surface area contributed by atoms with Gasteiger partial charge in [-0.25, -0.2) is 0 Å². The Bertz CT molecular complexity index is 546. The Balaban J connectivity index is 2.75. The maximum atomic E-state index is 11.8. The first-order valence-electron chi connectivity index (χ1n) is 6.86. The normalized spacial score (nSPS) is 11.7. The van der Waals surface area contributed by atoms with Crippen molar-refractivity contribution in [1.29, 1.82) is 0 Å². The van der Waals surface area contributed by atoms with Gasteiger partial charge in [0.1, 0.15) is 6.54 Å². The molecule has 22 heavy (non-hydrogen) atoms. The first kappa shape index (κ1) is 18.0. The Kier molecular flexibility index (Phi) is 7.45. The molecular formula is C15H19NO5S. The molecule has 0 aromatic heterocycles. The highest BCUT2D eigenvalue weighted by atomic mass is 32.1. The lowest BCUT2D eigenvalue weighted by molar-refractivity contribution is -0.142. The molecule has 3 N–H and O–H groups in total. The van der Waals surface area contributed by atoms with Crippen molar-refractivity contribution < 1.29 is 24.6 Å². The summed E-state index contributed by atoms with van der Waals surface area (Å²) < 4.78 is 0. The van der Waals surface area contributed by atoms with Crippen molar-refractivity contribution in [3.8, 4) is 0 Å². The Morgan fingerprint density at radius 3 is 2.55 bits per heavy atom. The van der Waals surface area contributed by atoms with Crippen molar-refractivity contribution in [2.24, 2.45) is 5.92 Å². The molecule has 1 atom stereocenters. The minimum atomic E-state index is -1.12. The summed E-state index contributed by atoms with van der Waals surface area (Å²) in [4.78, 5) is 33.5. The van der Waals surface area contributed by atoms with E-state index >= 15 is 0 Å². The van der Waals surface area contributed by atoms with E-state index in [9.17, 15) is 19.5 Å². The number of carbonyl (C=O) groups excluding carboxylic acids is 1. The number of carbonyl (C=O) groups is 3. The fourth-order valence-electron chi connectivity index (χ4n) is 2.03. The second kappa shape index (κ2) is 9.09. The molecule has 0 saturated heterocycles. The second-order valence-electron chi connectivity index (χ2n) is 4.88. The summed E-state index contributed by atoms with van der Waals surface area (Å²) in [6, 6.07) is 6.56. The third-order valence-electron chi connectivity index (χ3n) is 3.13. The van der Waals surface area contributed by atoms with E-state index in [4.69, 9.17) is 5.11 Å². The molecule has 0 radical (unpaired) electrons. The van der Waals surface area contributed by atoms with Gasteiger partial charge in [0.2, 0.25) is 0 Å². The molecule has 0 saturated carbocycles. The van der Waals surface area contributed by atoms with Gasteiger partial charge in [-0.1, -0.05) is 12.1 Å². The van der Waals surface area contributed by atoms with Crippen LogP contribution in [0.5, 0.6) is 0 Å². The SMILES string of the molecule is O=C(O)CNC(=O)c1cccc(CC(CCCS)C(=O)O)c1. The first-order valence-corrected chi connectivity index (χ1v) is 7.50. The van der Waals surface area contributed by atoms with E-state index in [1.54, 1.807) is 24.3 Å². The minimum Gasteiger partial charge on any atom is -0.481 e. The number of aliphatic carboxylic acids is 2. The number of hydrogen-bond donors (Lipinski definition) is 4. The number of amides is 1. The zero-order chi connectivity index (χ0) is 16.5. The molecule has 1 unspecified atom stereocenters. The topological polar surface area (TPSA) is 104 Å². The third kappa shape index (κ3) is 6.17. The molecule has 1 aromatic carbocycles. The zero-order valence-electron chi connectivity index (χ0n) is 12.0. The molecule has 1 amide bonds. The smallest absolute Gasteiger partial charge is 0.322 e. The second-order valence-corrected chi connectivity index (χ2v) is 5.33. The average Bonchev–Trinajstić information content (AvgIpc) is 2.49. The van der Waals surface area contributed by atoms with Crippen LogP contribution in [0, 0.1) is 5.92 Å². The molecule has 1 rings (SSSR count). The molecule has 0 spiro atoms. The van der Waals surface area contributed by atoms with Crippen LogP contribution >= 0.6 is 12.6 Å². The fourth-order valence-corrected chi connectivity index (χ4v) is 2.22. The quantitative estimate of drug-likeness (QED) is 0.515. The number of benzene rings is 1. The Morgan fingerprint density at radius 2 is 1.95 bits per heavy atom. The first-order chi connectivity index (χ1) is 10.4. The molecule has 0 aliphatic rings. The summed E-state index contributed by atoms with van der Waals surface area (Å²) in [7, 11) is 0. The van der Waals surface area contributed by atoms with Gasteiger partial charge in [-0.05, 0) is 42.7 Å². The monoisotopic (exact) mass is 325 g/mol. The van der Waals surface area contributed by atoms with Gasteiger partial charge in [-0.3, -0.25) is 14.4 Å². The number of nitrogens with one attached hydrogen (secondary N) is 1. The van der Waals surface area contributed by atoms with Crippen molar-refractivity contribution in [2.45, 2.75) is 19.3 Å². The van der Waals surface area contributed by atoms with Gasteiger partial charge in [0.05, 0.1) is 5.92 Å². The highest BCUT2D eigenvalue weighted by Gasteiger charge is 2.18. The van der Waals surface area contributed by atoms with E-state index in [1.807, 2.05) is 0 Å². The van der Waals surface area contributed by atoms with Crippen LogP contribution in [0.25, 0.3) is 0 Å². The maximum absolute atomic E-state index is 11.8. The van der Waals surface area contributed by atoms with Crippen LogP contribution in [0.2, 0.25) is 0 Å². The van der Waals surface area contributed by atoms with E-state index in [0.717, 1.165) is 5.56 Å². The Labute approximate surface area is 133 Å². The minimum absolute atomic E-state index is 0.317. The summed E-state index contributed by atoms with van der Waals surface area (Å²) in [5.74, 6) is -2.39. The Hall–Kier alpha value is -2.02. The number of hydrogen-bond acceptors (Lipinski definition) is 4. The van der Waals surface area contributed by atoms with Crippen LogP contribution in [0.4, 0.5) is 0 Å². The zero-order valence-corrected chi connectivity index (χ0v) is 12.9. The molecule has 0 aliphatic heterocycles. The van der Waals surface area contributed by atoms with Crippen LogP contribution in [-0.4, -0.2) is 40.4 Å². The van der Waals surface area contributed by atoms with E-state index < -0.39 is 30.3 Å². The van der Waals surface area contributed by atoms with Gasteiger partial charge >= 0.3 is 11.9 Å². The summed E-state index contributed by atoms with van der Waals surface area (Å²) >= 11 is 4.08. The van der Waals surface area contributed by atoms with Crippen LogP contribution in [-0.2, 0) is 16.0 Å². The summed E-state index contributed by atoms with van der Waals surface area (Å²) in [6.07, 6.45) is 1.55. The molecule has 0 aliphatic carbocycles. The number of rotatable bonds is 9. The Morgan fingerprint density at radius 1 is 1.23 bits per heavy atom. The predicted octanol–water partition coefficient (Wildman–Crippen LogP) is 1.45. The van der Waals surface area contributed by atoms with Gasteiger partial charge in [0, 0.05) is 5.56 Å². The number of carboxylic acids is 2. The van der Waals surface area contributed by atoms with E-state index in [-0.39, 0.29) is 0 Å². The van der Waals surface area contributed by atoms with Gasteiger partial charge in [-0.15, -0.1) is 0 Å². The lowest BCUT2D eigenvalue weighted by Crippen LogP contribution is -2.29. The summed E-state index contributed by atoms with van der Waals surface area (Å²) in [5, 5.41) is 20.0. The van der Waals surface area contributed by atoms with Gasteiger partial charge in [0.15, 0.2) is 0 Å². The highest BCUT2D eigenvalue weighted by molar-refractivity contribution is 7.80. The molecule has 6 nitrogen and oxygen atoms in total. The lowest BCUT2D eigenvalue weighted by Gasteiger charge is -2.12. The van der Waals surface area contributed by atoms with Crippen LogP contribution in [0.3, 0.4) is 0 Å². The third-order valence-corrected chi connectivity index (χ3v) is 3.45. The van der Waals surface area contributed by atoms with Gasteiger partial charge in [-0.2, -0.15) is 12.6 Å². The van der Waals surface area contributed by atoms with Crippen LogP contribution < -0.4 is 5.32 Å². The van der Waals surface area contributed by atoms with Crippen molar-refractivity contribution in [3.63, 3.8) is 0 Å². The summed E-state index contributed by atoms with van der Waals surface area (Å²) in [6.45, 7) is -0.456. The molecule has 0 fully saturated rings. The van der Waals surface area contributed by atoms with Crippen LogP contribution in [0.1, 0.15) is 28.8 Å². The largest absolute Gasteiger partial charge is 0.481 e. The number of thiol groups is 1. The van der Waals surface area contributed by atoms with E-state index in [0.29, 0.717) is 30.6 Å². The average molecular weight is 325 g/mol.